The van der Waals surface area contributed by atoms with E-state index in [1.54, 1.807) is 0 Å². The van der Waals surface area contributed by atoms with Crippen molar-refractivity contribution in [3.05, 3.63) is 39.9 Å². The number of carboxylic acid groups (broad SMARTS) is 1. The van der Waals surface area contributed by atoms with Gasteiger partial charge < -0.3 is 15.5 Å². The maximum Gasteiger partial charge on any atom is 0.332 e. The average molecular weight is 268 g/mol. The Bertz CT molecular complexity index is 484. The number of nitro groups is 1. The summed E-state index contributed by atoms with van der Waals surface area (Å²) in [5, 5.41) is 30.2. The highest BCUT2D eigenvalue weighted by Crippen LogP contribution is 2.11. The van der Waals surface area contributed by atoms with Crippen LogP contribution in [0.5, 0.6) is 0 Å². The zero-order valence-corrected chi connectivity index (χ0v) is 9.78. The number of aliphatic carboxylic acids is 1. The number of hydrogen-bond acceptors (Lipinski definition) is 5. The smallest absolute Gasteiger partial charge is 0.332 e. The fourth-order valence-electron chi connectivity index (χ4n) is 1.28. The summed E-state index contributed by atoms with van der Waals surface area (Å²) in [7, 11) is 0. The number of rotatable bonds is 6. The van der Waals surface area contributed by atoms with Crippen molar-refractivity contribution in [1.29, 1.82) is 0 Å². The molecule has 0 saturated heterocycles. The number of carboxylic acids is 1. The highest BCUT2D eigenvalue weighted by atomic mass is 16.6. The molecule has 102 valence electrons. The number of hydrogen-bond donors (Lipinski definition) is 3. The molecule has 0 aromatic heterocycles. The molecule has 0 fully saturated rings. The van der Waals surface area contributed by atoms with E-state index in [1.807, 2.05) is 0 Å². The number of nitrogens with one attached hydrogen (secondary N) is 1. The SMILES string of the molecule is O=C(NCC[C@H](O)C(=O)O)c1ccc([N+](=O)[O-])cc1. The Morgan fingerprint density at radius 2 is 1.89 bits per heavy atom. The Balaban J connectivity index is 2.50. The summed E-state index contributed by atoms with van der Waals surface area (Å²) in [5.41, 5.74) is 0.0910. The van der Waals surface area contributed by atoms with Crippen molar-refractivity contribution in [3.63, 3.8) is 0 Å². The summed E-state index contributed by atoms with van der Waals surface area (Å²) >= 11 is 0. The maximum absolute atomic E-state index is 11.6. The van der Waals surface area contributed by atoms with Gasteiger partial charge in [-0.2, -0.15) is 0 Å². The quantitative estimate of drug-likeness (QED) is 0.497. The normalized spacial score (nSPS) is 11.6. The van der Waals surface area contributed by atoms with Gasteiger partial charge >= 0.3 is 5.97 Å². The van der Waals surface area contributed by atoms with Gasteiger partial charge in [0.2, 0.25) is 0 Å². The molecule has 19 heavy (non-hydrogen) atoms. The molecule has 0 bridgehead atoms. The summed E-state index contributed by atoms with van der Waals surface area (Å²) in [5.74, 6) is -1.85. The molecule has 0 spiro atoms. The molecule has 1 rings (SSSR count). The molecule has 8 heteroatoms. The Labute approximate surface area is 107 Å². The molecule has 0 radical (unpaired) electrons. The zero-order valence-electron chi connectivity index (χ0n) is 9.78. The van der Waals surface area contributed by atoms with Crippen molar-refractivity contribution in [2.45, 2.75) is 12.5 Å². The first-order valence-electron chi connectivity index (χ1n) is 5.35. The minimum absolute atomic E-state index is 0.0106. The van der Waals surface area contributed by atoms with Crippen LogP contribution in [0.25, 0.3) is 0 Å². The van der Waals surface area contributed by atoms with Gasteiger partial charge in [-0.15, -0.1) is 0 Å². The number of amides is 1. The summed E-state index contributed by atoms with van der Waals surface area (Å²) in [6, 6.07) is 4.98. The van der Waals surface area contributed by atoms with E-state index in [0.717, 1.165) is 0 Å². The maximum atomic E-state index is 11.6. The lowest BCUT2D eigenvalue weighted by Crippen LogP contribution is -2.30. The Morgan fingerprint density at radius 3 is 2.37 bits per heavy atom. The third kappa shape index (κ3) is 4.36. The average Bonchev–Trinajstić information content (AvgIpc) is 2.38. The molecule has 0 heterocycles. The lowest BCUT2D eigenvalue weighted by atomic mass is 10.2. The zero-order chi connectivity index (χ0) is 14.4. The van der Waals surface area contributed by atoms with Crippen LogP contribution in [-0.4, -0.2) is 39.7 Å². The standard InChI is InChI=1S/C11H12N2O6/c14-9(11(16)17)5-6-12-10(15)7-1-3-8(4-2-7)13(18)19/h1-4,9,14H,5-6H2,(H,12,15)(H,16,17)/t9-/m0/s1. The lowest BCUT2D eigenvalue weighted by molar-refractivity contribution is -0.384. The van der Waals surface area contributed by atoms with Crippen LogP contribution in [0.15, 0.2) is 24.3 Å². The summed E-state index contributed by atoms with van der Waals surface area (Å²) in [4.78, 5) is 31.7. The van der Waals surface area contributed by atoms with Crippen molar-refractivity contribution in [2.24, 2.45) is 0 Å². The van der Waals surface area contributed by atoms with Crippen LogP contribution in [-0.2, 0) is 4.79 Å². The predicted molar refractivity (Wildman–Crippen MR) is 63.7 cm³/mol. The first-order chi connectivity index (χ1) is 8.91. The van der Waals surface area contributed by atoms with Gasteiger partial charge in [-0.25, -0.2) is 4.79 Å². The second-order valence-electron chi connectivity index (χ2n) is 3.70. The van der Waals surface area contributed by atoms with E-state index in [4.69, 9.17) is 10.2 Å². The third-order valence-electron chi connectivity index (χ3n) is 2.33. The minimum atomic E-state index is -1.53. The van der Waals surface area contributed by atoms with E-state index in [1.165, 1.54) is 24.3 Å². The van der Waals surface area contributed by atoms with Crippen molar-refractivity contribution < 1.29 is 24.7 Å². The molecule has 0 unspecified atom stereocenters. The molecule has 3 N–H and O–H groups in total. The van der Waals surface area contributed by atoms with Gasteiger partial charge in [-0.1, -0.05) is 0 Å². The number of benzene rings is 1. The van der Waals surface area contributed by atoms with Crippen LogP contribution >= 0.6 is 0 Å². The van der Waals surface area contributed by atoms with Gasteiger partial charge in [-0.05, 0) is 12.1 Å². The summed E-state index contributed by atoms with van der Waals surface area (Å²) in [6.07, 6.45) is -1.65. The van der Waals surface area contributed by atoms with E-state index in [9.17, 15) is 19.7 Å². The van der Waals surface area contributed by atoms with E-state index < -0.39 is 22.9 Å². The monoisotopic (exact) mass is 268 g/mol. The minimum Gasteiger partial charge on any atom is -0.479 e. The van der Waals surface area contributed by atoms with Gasteiger partial charge in [0.05, 0.1) is 4.92 Å². The molecule has 0 aliphatic rings. The second-order valence-corrected chi connectivity index (χ2v) is 3.70. The Hall–Kier alpha value is -2.48. The van der Waals surface area contributed by atoms with Gasteiger partial charge in [0.25, 0.3) is 11.6 Å². The molecule has 1 atom stereocenters. The van der Waals surface area contributed by atoms with E-state index >= 15 is 0 Å². The van der Waals surface area contributed by atoms with Crippen molar-refractivity contribution >= 4 is 17.6 Å². The van der Waals surface area contributed by atoms with Crippen LogP contribution in [0.4, 0.5) is 5.69 Å². The number of nitrogens with zero attached hydrogens (tertiary/aromatic N) is 1. The molecule has 0 aliphatic heterocycles. The van der Waals surface area contributed by atoms with Crippen molar-refractivity contribution in [3.8, 4) is 0 Å². The highest BCUT2D eigenvalue weighted by molar-refractivity contribution is 5.94. The Kier molecular flexibility index (Phi) is 4.95. The number of carbonyl (C=O) groups is 2. The molecule has 0 saturated carbocycles. The number of non-ortho nitro benzene ring substituents is 1. The molecule has 1 aromatic carbocycles. The van der Waals surface area contributed by atoms with Gasteiger partial charge in [0.15, 0.2) is 6.10 Å². The predicted octanol–water partition coefficient (Wildman–Crippen LogP) is 0.160. The molecule has 1 aromatic rings. The third-order valence-corrected chi connectivity index (χ3v) is 2.33. The second kappa shape index (κ2) is 6.45. The van der Waals surface area contributed by atoms with Crippen LogP contribution < -0.4 is 5.32 Å². The van der Waals surface area contributed by atoms with Gasteiger partial charge in [0, 0.05) is 30.7 Å². The first kappa shape index (κ1) is 14.6. The Morgan fingerprint density at radius 1 is 1.32 bits per heavy atom. The van der Waals surface area contributed by atoms with Crippen LogP contribution in [0, 0.1) is 10.1 Å². The highest BCUT2D eigenvalue weighted by Gasteiger charge is 2.14. The molecular weight excluding hydrogens is 256 g/mol. The molecule has 8 nitrogen and oxygen atoms in total. The number of carbonyl (C=O) groups excluding carboxylic acids is 1. The summed E-state index contributed by atoms with van der Waals surface area (Å²) in [6.45, 7) is -0.0106. The van der Waals surface area contributed by atoms with Crippen molar-refractivity contribution in [2.75, 3.05) is 6.54 Å². The summed E-state index contributed by atoms with van der Waals surface area (Å²) < 4.78 is 0. The topological polar surface area (TPSA) is 130 Å². The molecule has 0 aliphatic carbocycles. The largest absolute Gasteiger partial charge is 0.479 e. The van der Waals surface area contributed by atoms with E-state index in [2.05, 4.69) is 5.32 Å². The van der Waals surface area contributed by atoms with Crippen LogP contribution in [0.2, 0.25) is 0 Å². The van der Waals surface area contributed by atoms with Crippen molar-refractivity contribution in [1.82, 2.24) is 5.32 Å². The molecular formula is C11H12N2O6. The van der Waals surface area contributed by atoms with Gasteiger partial charge in [-0.3, -0.25) is 14.9 Å². The van der Waals surface area contributed by atoms with Crippen LogP contribution in [0.3, 0.4) is 0 Å². The van der Waals surface area contributed by atoms with Gasteiger partial charge in [0.1, 0.15) is 0 Å². The van der Waals surface area contributed by atoms with Crippen LogP contribution in [0.1, 0.15) is 16.8 Å². The number of aliphatic hydroxyl groups is 1. The fraction of sp³-hybridized carbons (Fsp3) is 0.273. The van der Waals surface area contributed by atoms with E-state index in [-0.39, 0.29) is 24.2 Å². The van der Waals surface area contributed by atoms with E-state index in [0.29, 0.717) is 0 Å². The fourth-order valence-corrected chi connectivity index (χ4v) is 1.28. The first-order valence-corrected chi connectivity index (χ1v) is 5.35. The lowest BCUT2D eigenvalue weighted by Gasteiger charge is -2.07. The number of nitro benzene ring substituents is 1. The molecule has 1 amide bonds. The number of aliphatic hydroxyl groups excluding tert-OH is 1.